The summed E-state index contributed by atoms with van der Waals surface area (Å²) in [6, 6.07) is 6.88. The summed E-state index contributed by atoms with van der Waals surface area (Å²) in [5.41, 5.74) is 0.732. The number of guanidine groups is 1. The molecule has 0 aromatic heterocycles. The summed E-state index contributed by atoms with van der Waals surface area (Å²) in [6.07, 6.45) is 5.12. The average Bonchev–Trinajstić information content (AvgIpc) is 2.47. The highest BCUT2D eigenvalue weighted by molar-refractivity contribution is 14.0. The van der Waals surface area contributed by atoms with Gasteiger partial charge in [0.25, 0.3) is 0 Å². The van der Waals surface area contributed by atoms with Gasteiger partial charge in [-0.2, -0.15) is 11.8 Å². The Hall–Kier alpha value is -0.500. The smallest absolute Gasteiger partial charge is 0.190 e. The van der Waals surface area contributed by atoms with Gasteiger partial charge in [0.2, 0.25) is 0 Å². The monoisotopic (exact) mass is 425 g/mol. The van der Waals surface area contributed by atoms with Crippen molar-refractivity contribution in [2.75, 3.05) is 32.1 Å². The number of hydrogen-bond donors (Lipinski definition) is 2. The second-order valence-corrected chi connectivity index (χ2v) is 5.45. The van der Waals surface area contributed by atoms with Crippen LogP contribution in [0.25, 0.3) is 0 Å². The Bertz CT molecular complexity index is 416. The van der Waals surface area contributed by atoms with Crippen LogP contribution in [-0.2, 0) is 6.42 Å². The third-order valence-corrected chi connectivity index (χ3v) is 3.63. The van der Waals surface area contributed by atoms with Crippen LogP contribution in [0.5, 0.6) is 0 Å². The predicted molar refractivity (Wildman–Crippen MR) is 102 cm³/mol. The molecule has 0 aliphatic carbocycles. The number of unbranched alkanes of at least 4 members (excludes halogenated alkanes) is 1. The van der Waals surface area contributed by atoms with E-state index >= 15 is 0 Å². The highest BCUT2D eigenvalue weighted by atomic mass is 127. The maximum absolute atomic E-state index is 13.4. The average molecular weight is 425 g/mol. The van der Waals surface area contributed by atoms with E-state index in [0.29, 0.717) is 13.0 Å². The highest BCUT2D eigenvalue weighted by Crippen LogP contribution is 2.06. The van der Waals surface area contributed by atoms with Gasteiger partial charge in [-0.3, -0.25) is 4.99 Å². The molecule has 0 heterocycles. The van der Waals surface area contributed by atoms with Crippen LogP contribution in [-0.4, -0.2) is 38.1 Å². The van der Waals surface area contributed by atoms with E-state index in [1.165, 1.54) is 18.2 Å². The Morgan fingerprint density at radius 3 is 2.57 bits per heavy atom. The summed E-state index contributed by atoms with van der Waals surface area (Å²) in [5, 5.41) is 6.47. The summed E-state index contributed by atoms with van der Waals surface area (Å²) >= 11 is 1.87. The third kappa shape index (κ3) is 9.18. The van der Waals surface area contributed by atoms with E-state index in [1.54, 1.807) is 13.1 Å². The second kappa shape index (κ2) is 13.2. The van der Waals surface area contributed by atoms with Gasteiger partial charge in [0.1, 0.15) is 5.82 Å². The molecule has 0 aliphatic heterocycles. The van der Waals surface area contributed by atoms with Gasteiger partial charge in [-0.25, -0.2) is 4.39 Å². The van der Waals surface area contributed by atoms with E-state index in [4.69, 9.17) is 0 Å². The van der Waals surface area contributed by atoms with Crippen LogP contribution in [0, 0.1) is 5.82 Å². The Morgan fingerprint density at radius 2 is 1.90 bits per heavy atom. The number of aliphatic imine (C=N–C) groups is 1. The van der Waals surface area contributed by atoms with Crippen molar-refractivity contribution in [2.45, 2.75) is 19.3 Å². The van der Waals surface area contributed by atoms with E-state index in [-0.39, 0.29) is 29.8 Å². The lowest BCUT2D eigenvalue weighted by molar-refractivity contribution is 0.606. The molecular weight excluding hydrogens is 400 g/mol. The first-order valence-electron chi connectivity index (χ1n) is 6.94. The van der Waals surface area contributed by atoms with Gasteiger partial charge in [0, 0.05) is 20.1 Å². The minimum absolute atomic E-state index is 0. The topological polar surface area (TPSA) is 36.4 Å². The normalized spacial score (nSPS) is 10.9. The van der Waals surface area contributed by atoms with Crippen molar-refractivity contribution >= 4 is 41.7 Å². The molecule has 6 heteroatoms. The van der Waals surface area contributed by atoms with Crippen molar-refractivity contribution < 1.29 is 4.39 Å². The molecule has 0 fully saturated rings. The zero-order valence-electron chi connectivity index (χ0n) is 12.7. The predicted octanol–water partition coefficient (Wildman–Crippen LogP) is 3.29. The fraction of sp³-hybridized carbons (Fsp3) is 0.533. The number of rotatable bonds is 8. The molecule has 0 saturated carbocycles. The molecule has 0 unspecified atom stereocenters. The molecule has 0 saturated heterocycles. The Morgan fingerprint density at radius 1 is 1.19 bits per heavy atom. The molecule has 3 nitrogen and oxygen atoms in total. The lowest BCUT2D eigenvalue weighted by Crippen LogP contribution is -2.38. The third-order valence-electron chi connectivity index (χ3n) is 2.94. The molecule has 0 radical (unpaired) electrons. The van der Waals surface area contributed by atoms with Crippen LogP contribution in [0.1, 0.15) is 18.4 Å². The van der Waals surface area contributed by atoms with Gasteiger partial charge in [0.15, 0.2) is 5.96 Å². The number of halogens is 2. The van der Waals surface area contributed by atoms with Gasteiger partial charge >= 0.3 is 0 Å². The quantitative estimate of drug-likeness (QED) is 0.291. The van der Waals surface area contributed by atoms with Crippen LogP contribution in [0.15, 0.2) is 29.3 Å². The summed E-state index contributed by atoms with van der Waals surface area (Å²) in [7, 11) is 1.75. The van der Waals surface area contributed by atoms with Crippen molar-refractivity contribution in [3.63, 3.8) is 0 Å². The minimum atomic E-state index is -0.144. The largest absolute Gasteiger partial charge is 0.356 e. The molecule has 1 aromatic carbocycles. The summed E-state index contributed by atoms with van der Waals surface area (Å²) in [4.78, 5) is 4.15. The standard InChI is InChI=1S/C15H24FN3S.HI/c1-17-15(18-10-5-6-12-20-2)19-11-9-13-7-3-4-8-14(13)16;/h3-4,7-8H,5-6,9-12H2,1-2H3,(H2,17,18,19);1H. The van der Waals surface area contributed by atoms with Crippen LogP contribution in [0.4, 0.5) is 4.39 Å². The van der Waals surface area contributed by atoms with E-state index in [9.17, 15) is 4.39 Å². The van der Waals surface area contributed by atoms with Gasteiger partial charge in [0.05, 0.1) is 0 Å². The number of nitrogens with one attached hydrogen (secondary N) is 2. The molecule has 21 heavy (non-hydrogen) atoms. The number of hydrogen-bond acceptors (Lipinski definition) is 2. The lowest BCUT2D eigenvalue weighted by Gasteiger charge is -2.12. The molecule has 0 spiro atoms. The van der Waals surface area contributed by atoms with Crippen LogP contribution < -0.4 is 10.6 Å². The first-order valence-corrected chi connectivity index (χ1v) is 8.34. The maximum atomic E-state index is 13.4. The zero-order chi connectivity index (χ0) is 14.6. The SMILES string of the molecule is CN=C(NCCCCSC)NCCc1ccccc1F.I. The maximum Gasteiger partial charge on any atom is 0.190 e. The molecular formula is C15H25FIN3S. The Kier molecular flexibility index (Phi) is 12.9. The number of benzene rings is 1. The van der Waals surface area contributed by atoms with Crippen molar-refractivity contribution in [3.8, 4) is 0 Å². The van der Waals surface area contributed by atoms with E-state index < -0.39 is 0 Å². The second-order valence-electron chi connectivity index (χ2n) is 4.47. The van der Waals surface area contributed by atoms with Gasteiger partial charge in [-0.15, -0.1) is 24.0 Å². The van der Waals surface area contributed by atoms with Gasteiger partial charge < -0.3 is 10.6 Å². The van der Waals surface area contributed by atoms with Crippen molar-refractivity contribution in [1.82, 2.24) is 10.6 Å². The lowest BCUT2D eigenvalue weighted by atomic mass is 10.1. The van der Waals surface area contributed by atoms with E-state index in [2.05, 4.69) is 21.9 Å². The fourth-order valence-corrected chi connectivity index (χ4v) is 2.31. The first-order chi connectivity index (χ1) is 9.77. The highest BCUT2D eigenvalue weighted by Gasteiger charge is 2.01. The molecule has 0 amide bonds. The van der Waals surface area contributed by atoms with Crippen LogP contribution >= 0.6 is 35.7 Å². The molecule has 0 bridgehead atoms. The number of nitrogens with zero attached hydrogens (tertiary/aromatic N) is 1. The summed E-state index contributed by atoms with van der Waals surface area (Å²) < 4.78 is 13.4. The Balaban J connectivity index is 0.00000400. The summed E-state index contributed by atoms with van der Waals surface area (Å²) in [6.45, 7) is 1.59. The molecule has 0 atom stereocenters. The van der Waals surface area contributed by atoms with Gasteiger partial charge in [-0.05, 0) is 42.9 Å². The zero-order valence-corrected chi connectivity index (χ0v) is 15.8. The van der Waals surface area contributed by atoms with Crippen molar-refractivity contribution in [3.05, 3.63) is 35.6 Å². The van der Waals surface area contributed by atoms with Crippen molar-refractivity contribution in [2.24, 2.45) is 4.99 Å². The minimum Gasteiger partial charge on any atom is -0.356 e. The Labute approximate surface area is 148 Å². The fourth-order valence-electron chi connectivity index (χ4n) is 1.82. The molecule has 120 valence electrons. The van der Waals surface area contributed by atoms with E-state index in [1.807, 2.05) is 23.9 Å². The van der Waals surface area contributed by atoms with Crippen LogP contribution in [0.2, 0.25) is 0 Å². The molecule has 0 aliphatic rings. The molecule has 1 aromatic rings. The first kappa shape index (κ1) is 20.5. The molecule has 2 N–H and O–H groups in total. The number of thioether (sulfide) groups is 1. The van der Waals surface area contributed by atoms with Crippen LogP contribution in [0.3, 0.4) is 0 Å². The summed E-state index contributed by atoms with van der Waals surface area (Å²) in [5.74, 6) is 1.83. The molecule has 1 rings (SSSR count). The van der Waals surface area contributed by atoms with Gasteiger partial charge in [-0.1, -0.05) is 18.2 Å². The van der Waals surface area contributed by atoms with E-state index in [0.717, 1.165) is 24.5 Å². The van der Waals surface area contributed by atoms with Crippen molar-refractivity contribution in [1.29, 1.82) is 0 Å².